The second kappa shape index (κ2) is 8.28. The van der Waals surface area contributed by atoms with E-state index in [0.29, 0.717) is 18.8 Å². The third-order valence-electron chi connectivity index (χ3n) is 5.16. The predicted octanol–water partition coefficient (Wildman–Crippen LogP) is 3.23. The molecule has 1 aliphatic rings. The van der Waals surface area contributed by atoms with Gasteiger partial charge in [0.1, 0.15) is 5.82 Å². The van der Waals surface area contributed by atoms with E-state index in [4.69, 9.17) is 0 Å². The first kappa shape index (κ1) is 17.6. The van der Waals surface area contributed by atoms with Crippen molar-refractivity contribution in [2.45, 2.75) is 52.4 Å². The van der Waals surface area contributed by atoms with Crippen molar-refractivity contribution < 1.29 is 4.79 Å². The smallest absolute Gasteiger partial charge is 0.223 e. The zero-order valence-corrected chi connectivity index (χ0v) is 15.3. The molecule has 1 saturated heterocycles. The normalized spacial score (nSPS) is 17.7. The van der Waals surface area contributed by atoms with E-state index < -0.39 is 0 Å². The molecule has 1 aromatic heterocycles. The molecular weight excluding hydrogens is 312 g/mol. The summed E-state index contributed by atoms with van der Waals surface area (Å²) < 4.78 is 0. The molecule has 5 heteroatoms. The van der Waals surface area contributed by atoms with E-state index in [-0.39, 0.29) is 5.91 Å². The largest absolute Gasteiger partial charge is 0.342 e. The van der Waals surface area contributed by atoms with Gasteiger partial charge in [-0.2, -0.15) is 5.10 Å². The van der Waals surface area contributed by atoms with Crippen LogP contribution in [0.25, 0.3) is 0 Å². The Morgan fingerprint density at radius 2 is 2.12 bits per heavy atom. The highest BCUT2D eigenvalue weighted by molar-refractivity contribution is 5.76. The van der Waals surface area contributed by atoms with E-state index >= 15 is 0 Å². The van der Waals surface area contributed by atoms with Crippen LogP contribution in [-0.4, -0.2) is 39.1 Å². The minimum Gasteiger partial charge on any atom is -0.342 e. The van der Waals surface area contributed by atoms with Crippen LogP contribution in [0.3, 0.4) is 0 Å². The van der Waals surface area contributed by atoms with Gasteiger partial charge in [-0.15, -0.1) is 0 Å². The maximum Gasteiger partial charge on any atom is 0.223 e. The summed E-state index contributed by atoms with van der Waals surface area (Å²) in [6.07, 6.45) is 5.74. The fourth-order valence-corrected chi connectivity index (χ4v) is 3.66. The lowest BCUT2D eigenvalue weighted by atomic mass is 9.90. The van der Waals surface area contributed by atoms with Crippen molar-refractivity contribution in [1.29, 1.82) is 0 Å². The molecular formula is C20H28N4O. The number of H-pyrrole nitrogens is 1. The van der Waals surface area contributed by atoms with Gasteiger partial charge >= 0.3 is 0 Å². The lowest BCUT2D eigenvalue weighted by Gasteiger charge is -2.33. The fourth-order valence-electron chi connectivity index (χ4n) is 3.66. The molecule has 1 aliphatic heterocycles. The SMILES string of the molecule is Cc1nc(CCC(=O)N2CCCC(CCc3ccccc3C)C2)n[nH]1. The minimum atomic E-state index is 0.239. The van der Waals surface area contributed by atoms with E-state index in [1.54, 1.807) is 0 Å². The highest BCUT2D eigenvalue weighted by Crippen LogP contribution is 2.23. The molecule has 0 radical (unpaired) electrons. The van der Waals surface area contributed by atoms with Gasteiger partial charge < -0.3 is 4.90 Å². The van der Waals surface area contributed by atoms with Crippen LogP contribution in [-0.2, 0) is 17.6 Å². The van der Waals surface area contributed by atoms with Crippen molar-refractivity contribution in [1.82, 2.24) is 20.1 Å². The average Bonchev–Trinajstić information content (AvgIpc) is 3.04. The zero-order chi connectivity index (χ0) is 17.6. The molecule has 1 N–H and O–H groups in total. The number of likely N-dealkylation sites (tertiary alicyclic amines) is 1. The van der Waals surface area contributed by atoms with Gasteiger partial charge in [0.15, 0.2) is 5.82 Å². The van der Waals surface area contributed by atoms with E-state index in [2.05, 4.69) is 46.4 Å². The van der Waals surface area contributed by atoms with Gasteiger partial charge in [-0.3, -0.25) is 9.89 Å². The lowest BCUT2D eigenvalue weighted by Crippen LogP contribution is -2.40. The number of carbonyl (C=O) groups is 1. The van der Waals surface area contributed by atoms with Crippen LogP contribution >= 0.6 is 0 Å². The van der Waals surface area contributed by atoms with Crippen molar-refractivity contribution >= 4 is 5.91 Å². The molecule has 2 heterocycles. The Balaban J connectivity index is 1.47. The molecule has 1 amide bonds. The van der Waals surface area contributed by atoms with Gasteiger partial charge in [0.25, 0.3) is 0 Å². The van der Waals surface area contributed by atoms with Crippen molar-refractivity contribution in [2.75, 3.05) is 13.1 Å². The summed E-state index contributed by atoms with van der Waals surface area (Å²) >= 11 is 0. The van der Waals surface area contributed by atoms with Gasteiger partial charge in [0, 0.05) is 25.9 Å². The molecule has 1 fully saturated rings. The Hall–Kier alpha value is -2.17. The first-order chi connectivity index (χ1) is 12.1. The maximum atomic E-state index is 12.5. The van der Waals surface area contributed by atoms with Crippen molar-refractivity contribution in [2.24, 2.45) is 5.92 Å². The number of nitrogens with one attached hydrogen (secondary N) is 1. The number of amides is 1. The Kier molecular flexibility index (Phi) is 5.84. The standard InChI is InChI=1S/C20H28N4O/c1-15-6-3-4-8-18(15)10-9-17-7-5-13-24(14-17)20(25)12-11-19-21-16(2)22-23-19/h3-4,6,8,17H,5,7,9-14H2,1-2H3,(H,21,22,23). The number of aryl methyl sites for hydroxylation is 4. The third kappa shape index (κ3) is 4.91. The summed E-state index contributed by atoms with van der Waals surface area (Å²) in [5.41, 5.74) is 2.80. The van der Waals surface area contributed by atoms with Gasteiger partial charge in [0.05, 0.1) is 0 Å². The third-order valence-corrected chi connectivity index (χ3v) is 5.16. The summed E-state index contributed by atoms with van der Waals surface area (Å²) in [7, 11) is 0. The van der Waals surface area contributed by atoms with E-state index in [0.717, 1.165) is 44.0 Å². The summed E-state index contributed by atoms with van der Waals surface area (Å²) in [6.45, 7) is 5.85. The van der Waals surface area contributed by atoms with E-state index in [9.17, 15) is 4.79 Å². The summed E-state index contributed by atoms with van der Waals surface area (Å²) in [5.74, 6) is 2.39. The minimum absolute atomic E-state index is 0.239. The van der Waals surface area contributed by atoms with Crippen molar-refractivity contribution in [3.63, 3.8) is 0 Å². The number of hydrogen-bond donors (Lipinski definition) is 1. The molecule has 134 valence electrons. The zero-order valence-electron chi connectivity index (χ0n) is 15.3. The molecule has 0 saturated carbocycles. The Morgan fingerprint density at radius 1 is 1.28 bits per heavy atom. The number of rotatable bonds is 6. The number of aromatic amines is 1. The predicted molar refractivity (Wildman–Crippen MR) is 98.2 cm³/mol. The number of benzene rings is 1. The Morgan fingerprint density at radius 3 is 2.88 bits per heavy atom. The Bertz CT molecular complexity index is 709. The van der Waals surface area contributed by atoms with Crippen LogP contribution in [0.1, 0.15) is 48.5 Å². The van der Waals surface area contributed by atoms with Gasteiger partial charge in [-0.05, 0) is 56.6 Å². The number of carbonyl (C=O) groups excluding carboxylic acids is 1. The molecule has 5 nitrogen and oxygen atoms in total. The second-order valence-corrected chi connectivity index (χ2v) is 7.15. The Labute approximate surface area is 149 Å². The maximum absolute atomic E-state index is 12.5. The van der Waals surface area contributed by atoms with Crippen LogP contribution in [0.5, 0.6) is 0 Å². The highest BCUT2D eigenvalue weighted by atomic mass is 16.2. The highest BCUT2D eigenvalue weighted by Gasteiger charge is 2.23. The lowest BCUT2D eigenvalue weighted by molar-refractivity contribution is -0.133. The molecule has 3 rings (SSSR count). The molecule has 1 unspecified atom stereocenters. The quantitative estimate of drug-likeness (QED) is 0.878. The molecule has 0 spiro atoms. The number of aromatic nitrogens is 3. The van der Waals surface area contributed by atoms with Crippen LogP contribution < -0.4 is 0 Å². The van der Waals surface area contributed by atoms with Gasteiger partial charge in [-0.25, -0.2) is 4.98 Å². The van der Waals surface area contributed by atoms with Crippen molar-refractivity contribution in [3.05, 3.63) is 47.0 Å². The van der Waals surface area contributed by atoms with E-state index in [1.165, 1.54) is 17.5 Å². The van der Waals surface area contributed by atoms with E-state index in [1.807, 2.05) is 11.8 Å². The first-order valence-corrected chi connectivity index (χ1v) is 9.32. The summed E-state index contributed by atoms with van der Waals surface area (Å²) in [4.78, 5) is 18.8. The first-order valence-electron chi connectivity index (χ1n) is 9.32. The molecule has 1 aromatic carbocycles. The number of nitrogens with zero attached hydrogens (tertiary/aromatic N) is 3. The molecule has 2 aromatic rings. The monoisotopic (exact) mass is 340 g/mol. The van der Waals surface area contributed by atoms with Gasteiger partial charge in [0.2, 0.25) is 5.91 Å². The number of piperidine rings is 1. The molecule has 25 heavy (non-hydrogen) atoms. The van der Waals surface area contributed by atoms with Crippen LogP contribution in [0, 0.1) is 19.8 Å². The van der Waals surface area contributed by atoms with Crippen LogP contribution in [0.15, 0.2) is 24.3 Å². The molecule has 1 atom stereocenters. The van der Waals surface area contributed by atoms with Crippen LogP contribution in [0.2, 0.25) is 0 Å². The molecule has 0 bridgehead atoms. The van der Waals surface area contributed by atoms with Crippen LogP contribution in [0.4, 0.5) is 0 Å². The summed E-state index contributed by atoms with van der Waals surface area (Å²) in [6, 6.07) is 8.61. The topological polar surface area (TPSA) is 61.9 Å². The summed E-state index contributed by atoms with van der Waals surface area (Å²) in [5, 5.41) is 6.94. The molecule has 0 aliphatic carbocycles. The van der Waals surface area contributed by atoms with Gasteiger partial charge in [-0.1, -0.05) is 24.3 Å². The van der Waals surface area contributed by atoms with Crippen molar-refractivity contribution in [3.8, 4) is 0 Å². The average molecular weight is 340 g/mol. The fraction of sp³-hybridized carbons (Fsp3) is 0.550. The second-order valence-electron chi connectivity index (χ2n) is 7.15. The number of hydrogen-bond acceptors (Lipinski definition) is 3.